The van der Waals surface area contributed by atoms with Crippen LogP contribution in [0.4, 0.5) is 0 Å². The van der Waals surface area contributed by atoms with Crippen molar-refractivity contribution < 1.29 is 5.11 Å². The minimum Gasteiger partial charge on any atom is -0.506 e. The molecule has 0 spiro atoms. The van der Waals surface area contributed by atoms with Gasteiger partial charge in [-0.05, 0) is 44.5 Å². The summed E-state index contributed by atoms with van der Waals surface area (Å²) in [4.78, 5) is 2.44. The van der Waals surface area contributed by atoms with E-state index in [9.17, 15) is 5.11 Å². The Labute approximate surface area is 116 Å². The molecule has 1 aromatic carbocycles. The van der Waals surface area contributed by atoms with Crippen LogP contribution in [0.2, 0.25) is 5.02 Å². The van der Waals surface area contributed by atoms with Gasteiger partial charge in [0.25, 0.3) is 0 Å². The van der Waals surface area contributed by atoms with E-state index in [-0.39, 0.29) is 5.75 Å². The van der Waals surface area contributed by atoms with Crippen molar-refractivity contribution in [3.8, 4) is 5.75 Å². The second kappa shape index (κ2) is 7.65. The van der Waals surface area contributed by atoms with Crippen LogP contribution in [0.25, 0.3) is 0 Å². The summed E-state index contributed by atoms with van der Waals surface area (Å²) < 4.78 is 0. The summed E-state index contributed by atoms with van der Waals surface area (Å²) in [5.41, 5.74) is 1.16. The predicted octanol–water partition coefficient (Wildman–Crippen LogP) is 4.45. The Hall–Kier alpha value is -0.730. The summed E-state index contributed by atoms with van der Waals surface area (Å²) in [5, 5.41) is 9.85. The topological polar surface area (TPSA) is 23.5 Å². The molecule has 0 bridgehead atoms. The number of hydrogen-bond acceptors (Lipinski definition) is 2. The maximum atomic E-state index is 9.41. The molecule has 18 heavy (non-hydrogen) atoms. The molecule has 3 heteroatoms. The minimum atomic E-state index is 0.155. The van der Waals surface area contributed by atoms with Gasteiger partial charge in [0.05, 0.1) is 5.02 Å². The average Bonchev–Trinajstić information content (AvgIpc) is 2.32. The van der Waals surface area contributed by atoms with E-state index in [2.05, 4.69) is 25.7 Å². The number of hydrogen-bond donors (Lipinski definition) is 1. The molecule has 0 aliphatic heterocycles. The standard InChI is InChI=1S/C15H24ClNO/c1-4-5-6-9-17(12(2)3)11-13-7-8-15(18)14(16)10-13/h7-8,10,12,18H,4-6,9,11H2,1-3H3. The zero-order valence-corrected chi connectivity index (χ0v) is 12.4. The van der Waals surface area contributed by atoms with Crippen LogP contribution in [0.1, 0.15) is 45.6 Å². The summed E-state index contributed by atoms with van der Waals surface area (Å²) in [6, 6.07) is 5.99. The highest BCUT2D eigenvalue weighted by Gasteiger charge is 2.10. The minimum absolute atomic E-state index is 0.155. The molecule has 1 rings (SSSR count). The van der Waals surface area contributed by atoms with Gasteiger partial charge in [0, 0.05) is 12.6 Å². The maximum Gasteiger partial charge on any atom is 0.134 e. The van der Waals surface area contributed by atoms with E-state index in [0.717, 1.165) is 18.7 Å². The lowest BCUT2D eigenvalue weighted by Gasteiger charge is -2.26. The zero-order chi connectivity index (χ0) is 13.5. The van der Waals surface area contributed by atoms with Gasteiger partial charge < -0.3 is 5.11 Å². The van der Waals surface area contributed by atoms with Crippen molar-refractivity contribution in [1.29, 1.82) is 0 Å². The smallest absolute Gasteiger partial charge is 0.134 e. The van der Waals surface area contributed by atoms with Gasteiger partial charge in [0.2, 0.25) is 0 Å². The molecule has 0 saturated heterocycles. The number of rotatable bonds is 7. The fraction of sp³-hybridized carbons (Fsp3) is 0.600. The lowest BCUT2D eigenvalue weighted by molar-refractivity contribution is 0.208. The molecule has 0 heterocycles. The van der Waals surface area contributed by atoms with Gasteiger partial charge in [-0.2, -0.15) is 0 Å². The Balaban J connectivity index is 2.61. The first-order valence-corrected chi connectivity index (χ1v) is 7.13. The van der Waals surface area contributed by atoms with E-state index in [0.29, 0.717) is 11.1 Å². The molecule has 0 amide bonds. The second-order valence-electron chi connectivity index (χ2n) is 5.06. The third kappa shape index (κ3) is 4.87. The molecule has 0 fully saturated rings. The first-order chi connectivity index (χ1) is 8.54. The zero-order valence-electron chi connectivity index (χ0n) is 11.6. The number of halogens is 1. The molecule has 1 N–H and O–H groups in total. The molecule has 0 aromatic heterocycles. The van der Waals surface area contributed by atoms with E-state index in [1.54, 1.807) is 6.07 Å². The Bertz CT molecular complexity index is 366. The number of nitrogens with zero attached hydrogens (tertiary/aromatic N) is 1. The highest BCUT2D eigenvalue weighted by Crippen LogP contribution is 2.24. The Morgan fingerprint density at radius 1 is 1.28 bits per heavy atom. The molecule has 1 aromatic rings. The van der Waals surface area contributed by atoms with Crippen molar-refractivity contribution >= 4 is 11.6 Å². The summed E-state index contributed by atoms with van der Waals surface area (Å²) in [6.07, 6.45) is 3.76. The molecule has 0 unspecified atom stereocenters. The van der Waals surface area contributed by atoms with Gasteiger partial charge in [0.15, 0.2) is 0 Å². The molecule has 0 atom stereocenters. The summed E-state index contributed by atoms with van der Waals surface area (Å²) in [7, 11) is 0. The van der Waals surface area contributed by atoms with Crippen LogP contribution >= 0.6 is 11.6 Å². The first-order valence-electron chi connectivity index (χ1n) is 6.76. The summed E-state index contributed by atoms with van der Waals surface area (Å²) >= 11 is 5.94. The van der Waals surface area contributed by atoms with Gasteiger partial charge in [0.1, 0.15) is 5.75 Å². The molecule has 0 saturated carbocycles. The highest BCUT2D eigenvalue weighted by atomic mass is 35.5. The van der Waals surface area contributed by atoms with Crippen molar-refractivity contribution in [2.45, 2.75) is 52.6 Å². The van der Waals surface area contributed by atoms with E-state index in [4.69, 9.17) is 11.6 Å². The molecule has 0 aliphatic rings. The van der Waals surface area contributed by atoms with Gasteiger partial charge in [-0.3, -0.25) is 4.90 Å². The Morgan fingerprint density at radius 2 is 2.00 bits per heavy atom. The summed E-state index contributed by atoms with van der Waals surface area (Å²) in [5.74, 6) is 0.155. The number of aromatic hydroxyl groups is 1. The van der Waals surface area contributed by atoms with E-state index >= 15 is 0 Å². The van der Waals surface area contributed by atoms with Crippen LogP contribution in [0, 0.1) is 0 Å². The fourth-order valence-electron chi connectivity index (χ4n) is 1.97. The normalized spacial score (nSPS) is 11.4. The van der Waals surface area contributed by atoms with Gasteiger partial charge >= 0.3 is 0 Å². The number of unbranched alkanes of at least 4 members (excludes halogenated alkanes) is 2. The van der Waals surface area contributed by atoms with Crippen LogP contribution < -0.4 is 0 Å². The SMILES string of the molecule is CCCCCN(Cc1ccc(O)c(Cl)c1)C(C)C. The molecule has 0 radical (unpaired) electrons. The number of phenols is 1. The van der Waals surface area contributed by atoms with Crippen LogP contribution in [-0.2, 0) is 6.54 Å². The first kappa shape index (κ1) is 15.3. The quantitative estimate of drug-likeness (QED) is 0.740. The lowest BCUT2D eigenvalue weighted by atomic mass is 10.1. The van der Waals surface area contributed by atoms with E-state index < -0.39 is 0 Å². The van der Waals surface area contributed by atoms with Crippen LogP contribution in [0.5, 0.6) is 5.75 Å². The lowest BCUT2D eigenvalue weighted by Crippen LogP contribution is -2.31. The fourth-order valence-corrected chi connectivity index (χ4v) is 2.17. The third-order valence-electron chi connectivity index (χ3n) is 3.18. The number of phenolic OH excluding ortho intramolecular Hbond substituents is 1. The monoisotopic (exact) mass is 269 g/mol. The molecule has 0 aliphatic carbocycles. The van der Waals surface area contributed by atoms with Gasteiger partial charge in [-0.25, -0.2) is 0 Å². The van der Waals surface area contributed by atoms with Crippen LogP contribution in [0.3, 0.4) is 0 Å². The Kier molecular flexibility index (Phi) is 6.51. The third-order valence-corrected chi connectivity index (χ3v) is 3.48. The van der Waals surface area contributed by atoms with Gasteiger partial charge in [-0.15, -0.1) is 0 Å². The Morgan fingerprint density at radius 3 is 2.56 bits per heavy atom. The van der Waals surface area contributed by atoms with E-state index in [1.807, 2.05) is 12.1 Å². The van der Waals surface area contributed by atoms with Crippen molar-refractivity contribution in [2.75, 3.05) is 6.54 Å². The number of benzene rings is 1. The van der Waals surface area contributed by atoms with Gasteiger partial charge in [-0.1, -0.05) is 37.4 Å². The molecular formula is C15H24ClNO. The maximum absolute atomic E-state index is 9.41. The van der Waals surface area contributed by atoms with Crippen molar-refractivity contribution in [3.63, 3.8) is 0 Å². The van der Waals surface area contributed by atoms with E-state index in [1.165, 1.54) is 19.3 Å². The molecular weight excluding hydrogens is 246 g/mol. The average molecular weight is 270 g/mol. The highest BCUT2D eigenvalue weighted by molar-refractivity contribution is 6.32. The largest absolute Gasteiger partial charge is 0.506 e. The van der Waals surface area contributed by atoms with Crippen LogP contribution in [0.15, 0.2) is 18.2 Å². The van der Waals surface area contributed by atoms with Crippen molar-refractivity contribution in [2.24, 2.45) is 0 Å². The predicted molar refractivity (Wildman–Crippen MR) is 78.2 cm³/mol. The summed E-state index contributed by atoms with van der Waals surface area (Å²) in [6.45, 7) is 8.66. The molecule has 2 nitrogen and oxygen atoms in total. The van der Waals surface area contributed by atoms with Crippen molar-refractivity contribution in [3.05, 3.63) is 28.8 Å². The second-order valence-corrected chi connectivity index (χ2v) is 5.46. The van der Waals surface area contributed by atoms with Crippen LogP contribution in [-0.4, -0.2) is 22.6 Å². The molecule has 102 valence electrons. The van der Waals surface area contributed by atoms with Crippen molar-refractivity contribution in [1.82, 2.24) is 4.90 Å².